The highest BCUT2D eigenvalue weighted by Gasteiger charge is 2.35. The van der Waals surface area contributed by atoms with Crippen LogP contribution in [0.25, 0.3) is 0 Å². The number of aromatic nitrogens is 2. The van der Waals surface area contributed by atoms with Crippen molar-refractivity contribution in [2.45, 2.75) is 18.8 Å². The van der Waals surface area contributed by atoms with Gasteiger partial charge in [0, 0.05) is 19.5 Å². The first-order valence-corrected chi connectivity index (χ1v) is 8.98. The first-order chi connectivity index (χ1) is 13.2. The Morgan fingerprint density at radius 2 is 1.85 bits per heavy atom. The minimum absolute atomic E-state index is 0.112. The van der Waals surface area contributed by atoms with Gasteiger partial charge in [-0.25, -0.2) is 0 Å². The molecule has 1 saturated heterocycles. The maximum absolute atomic E-state index is 12.4. The molecule has 0 radical (unpaired) electrons. The Morgan fingerprint density at radius 1 is 1.11 bits per heavy atom. The Hall–Kier alpha value is -3.15. The van der Waals surface area contributed by atoms with Gasteiger partial charge >= 0.3 is 0 Å². The van der Waals surface area contributed by atoms with Crippen molar-refractivity contribution in [3.63, 3.8) is 0 Å². The van der Waals surface area contributed by atoms with Crippen molar-refractivity contribution in [3.05, 3.63) is 77.4 Å². The van der Waals surface area contributed by atoms with Crippen LogP contribution in [0.2, 0.25) is 0 Å². The molecule has 1 aliphatic heterocycles. The summed E-state index contributed by atoms with van der Waals surface area (Å²) in [7, 11) is 1.63. The molecule has 0 saturated carbocycles. The van der Waals surface area contributed by atoms with E-state index < -0.39 is 0 Å². The zero-order valence-electron chi connectivity index (χ0n) is 15.2. The molecule has 6 heteroatoms. The van der Waals surface area contributed by atoms with Crippen LogP contribution in [0.1, 0.15) is 28.8 Å². The molecule has 0 bridgehead atoms. The van der Waals surface area contributed by atoms with Gasteiger partial charge < -0.3 is 14.2 Å². The van der Waals surface area contributed by atoms with Gasteiger partial charge in [0.25, 0.3) is 0 Å². The second-order valence-electron chi connectivity index (χ2n) is 6.73. The number of likely N-dealkylation sites (tertiary alicyclic amines) is 1. The number of hydrogen-bond donors (Lipinski definition) is 0. The largest absolute Gasteiger partial charge is 0.497 e. The fourth-order valence-corrected chi connectivity index (χ4v) is 3.15. The summed E-state index contributed by atoms with van der Waals surface area (Å²) in [5.74, 6) is 2.33. The second kappa shape index (κ2) is 7.61. The zero-order chi connectivity index (χ0) is 18.6. The van der Waals surface area contributed by atoms with E-state index in [1.165, 1.54) is 0 Å². The molecule has 138 valence electrons. The molecule has 0 unspecified atom stereocenters. The van der Waals surface area contributed by atoms with Crippen molar-refractivity contribution >= 4 is 5.91 Å². The summed E-state index contributed by atoms with van der Waals surface area (Å²) in [6.07, 6.45) is 1.04. The highest BCUT2D eigenvalue weighted by atomic mass is 16.5. The van der Waals surface area contributed by atoms with E-state index >= 15 is 0 Å². The van der Waals surface area contributed by atoms with E-state index in [1.807, 2.05) is 59.5 Å². The first kappa shape index (κ1) is 17.3. The third kappa shape index (κ3) is 4.00. The van der Waals surface area contributed by atoms with E-state index in [1.54, 1.807) is 7.11 Å². The minimum atomic E-state index is 0.112. The van der Waals surface area contributed by atoms with E-state index in [0.717, 1.165) is 16.9 Å². The maximum Gasteiger partial charge on any atom is 0.233 e. The maximum atomic E-state index is 12.4. The second-order valence-corrected chi connectivity index (χ2v) is 6.73. The van der Waals surface area contributed by atoms with E-state index in [0.29, 0.717) is 37.6 Å². The molecule has 4 rings (SSSR count). The van der Waals surface area contributed by atoms with Crippen molar-refractivity contribution < 1.29 is 14.1 Å². The average Bonchev–Trinajstić information content (AvgIpc) is 3.10. The van der Waals surface area contributed by atoms with Crippen molar-refractivity contribution in [1.82, 2.24) is 15.0 Å². The van der Waals surface area contributed by atoms with Gasteiger partial charge in [-0.2, -0.15) is 4.98 Å². The molecule has 1 aliphatic rings. The standard InChI is InChI=1S/C21H21N3O3/c1-26-18-9-7-16(8-10-18)12-20(25)24-13-17(14-24)21-22-19(23-27-21)11-15-5-3-2-4-6-15/h2-10,17H,11-14H2,1H3. The lowest BCUT2D eigenvalue weighted by molar-refractivity contribution is -0.135. The van der Waals surface area contributed by atoms with Gasteiger partial charge in [0.05, 0.1) is 19.4 Å². The topological polar surface area (TPSA) is 68.5 Å². The van der Waals surface area contributed by atoms with Crippen LogP contribution in [0, 0.1) is 0 Å². The molecular weight excluding hydrogens is 342 g/mol. The Bertz CT molecular complexity index is 900. The molecule has 6 nitrogen and oxygen atoms in total. The lowest BCUT2D eigenvalue weighted by Crippen LogP contribution is -2.49. The lowest BCUT2D eigenvalue weighted by atomic mass is 9.98. The van der Waals surface area contributed by atoms with Crippen LogP contribution in [0.15, 0.2) is 59.1 Å². The average molecular weight is 363 g/mol. The normalized spacial score (nSPS) is 14.0. The highest BCUT2D eigenvalue weighted by molar-refractivity contribution is 5.79. The molecule has 2 heterocycles. The van der Waals surface area contributed by atoms with E-state index in [4.69, 9.17) is 9.26 Å². The van der Waals surface area contributed by atoms with Gasteiger partial charge in [-0.1, -0.05) is 47.6 Å². The van der Waals surface area contributed by atoms with Crippen LogP contribution in [0.4, 0.5) is 0 Å². The van der Waals surface area contributed by atoms with Crippen LogP contribution in [0.5, 0.6) is 5.75 Å². The van der Waals surface area contributed by atoms with E-state index in [2.05, 4.69) is 10.1 Å². The van der Waals surface area contributed by atoms with Crippen LogP contribution in [0.3, 0.4) is 0 Å². The first-order valence-electron chi connectivity index (χ1n) is 8.98. The van der Waals surface area contributed by atoms with Gasteiger partial charge in [0.15, 0.2) is 5.82 Å². The van der Waals surface area contributed by atoms with Crippen molar-refractivity contribution in [2.24, 2.45) is 0 Å². The van der Waals surface area contributed by atoms with Gasteiger partial charge in [-0.3, -0.25) is 4.79 Å². The summed E-state index contributed by atoms with van der Waals surface area (Å²) in [4.78, 5) is 18.7. The van der Waals surface area contributed by atoms with Crippen LogP contribution >= 0.6 is 0 Å². The van der Waals surface area contributed by atoms with E-state index in [9.17, 15) is 4.79 Å². The molecule has 2 aromatic carbocycles. The Labute approximate surface area is 157 Å². The number of methoxy groups -OCH3 is 1. The fourth-order valence-electron chi connectivity index (χ4n) is 3.15. The number of hydrogen-bond acceptors (Lipinski definition) is 5. The highest BCUT2D eigenvalue weighted by Crippen LogP contribution is 2.27. The van der Waals surface area contributed by atoms with Gasteiger partial charge in [0.1, 0.15) is 5.75 Å². The SMILES string of the molecule is COc1ccc(CC(=O)N2CC(c3nc(Cc4ccccc4)no3)C2)cc1. The summed E-state index contributed by atoms with van der Waals surface area (Å²) in [5.41, 5.74) is 2.13. The summed E-state index contributed by atoms with van der Waals surface area (Å²) in [5, 5.41) is 4.07. The summed E-state index contributed by atoms with van der Waals surface area (Å²) in [6.45, 7) is 1.25. The van der Waals surface area contributed by atoms with Crippen LogP contribution < -0.4 is 4.74 Å². The number of nitrogens with zero attached hydrogens (tertiary/aromatic N) is 3. The van der Waals surface area contributed by atoms with Crippen molar-refractivity contribution in [1.29, 1.82) is 0 Å². The number of carbonyl (C=O) groups is 1. The van der Waals surface area contributed by atoms with Crippen molar-refractivity contribution in [3.8, 4) is 5.75 Å². The third-order valence-electron chi connectivity index (χ3n) is 4.79. The van der Waals surface area contributed by atoms with Crippen LogP contribution in [-0.4, -0.2) is 41.1 Å². The lowest BCUT2D eigenvalue weighted by Gasteiger charge is -2.37. The Morgan fingerprint density at radius 3 is 2.56 bits per heavy atom. The molecule has 0 N–H and O–H groups in total. The fraction of sp³-hybridized carbons (Fsp3) is 0.286. The Kier molecular flexibility index (Phi) is 4.87. The quantitative estimate of drug-likeness (QED) is 0.674. The molecule has 0 spiro atoms. The number of carbonyl (C=O) groups excluding carboxylic acids is 1. The van der Waals surface area contributed by atoms with Gasteiger partial charge in [-0.05, 0) is 23.3 Å². The molecule has 0 aliphatic carbocycles. The molecule has 1 amide bonds. The molecule has 1 fully saturated rings. The number of rotatable bonds is 6. The van der Waals surface area contributed by atoms with Crippen LogP contribution in [-0.2, 0) is 17.6 Å². The van der Waals surface area contributed by atoms with Gasteiger partial charge in [0.2, 0.25) is 11.8 Å². The predicted molar refractivity (Wildman–Crippen MR) is 99.6 cm³/mol. The summed E-state index contributed by atoms with van der Waals surface area (Å²) in [6, 6.07) is 17.6. The van der Waals surface area contributed by atoms with Crippen molar-refractivity contribution in [2.75, 3.05) is 20.2 Å². The Balaban J connectivity index is 1.29. The molecule has 27 heavy (non-hydrogen) atoms. The molecular formula is C21H21N3O3. The summed E-state index contributed by atoms with van der Waals surface area (Å²) < 4.78 is 10.5. The molecule has 3 aromatic rings. The number of benzene rings is 2. The van der Waals surface area contributed by atoms with Gasteiger partial charge in [-0.15, -0.1) is 0 Å². The molecule has 1 aromatic heterocycles. The number of ether oxygens (including phenoxy) is 1. The summed E-state index contributed by atoms with van der Waals surface area (Å²) >= 11 is 0. The predicted octanol–water partition coefficient (Wildman–Crippen LogP) is 2.84. The third-order valence-corrected chi connectivity index (χ3v) is 4.79. The van der Waals surface area contributed by atoms with E-state index in [-0.39, 0.29) is 11.8 Å². The monoisotopic (exact) mass is 363 g/mol. The number of amides is 1. The molecule has 0 atom stereocenters. The zero-order valence-corrected chi connectivity index (χ0v) is 15.2. The minimum Gasteiger partial charge on any atom is -0.497 e. The smallest absolute Gasteiger partial charge is 0.233 e.